The number of methoxy groups -OCH3 is 2. The number of benzene rings is 3. The lowest BCUT2D eigenvalue weighted by Crippen LogP contribution is -2.50. The molecule has 4 heterocycles. The van der Waals surface area contributed by atoms with Crippen LogP contribution >= 0.6 is 0 Å². The molecule has 0 bridgehead atoms. The van der Waals surface area contributed by atoms with Gasteiger partial charge in [-0.1, -0.05) is 84.9 Å². The molecule has 0 saturated carbocycles. The smallest absolute Gasteiger partial charge is 0.407 e. The quantitative estimate of drug-likeness (QED) is 0.125. The van der Waals surface area contributed by atoms with E-state index in [0.717, 1.165) is 40.9 Å². The van der Waals surface area contributed by atoms with Crippen LogP contribution in [0.15, 0.2) is 109 Å². The van der Waals surface area contributed by atoms with Gasteiger partial charge < -0.3 is 40.2 Å². The number of aromatic nitrogens is 3. The summed E-state index contributed by atoms with van der Waals surface area (Å²) in [6.07, 6.45) is 4.78. The molecule has 0 spiro atoms. The number of carbonyl (C=O) groups excluding carboxylic acids is 5. The van der Waals surface area contributed by atoms with E-state index in [-0.39, 0.29) is 30.3 Å². The van der Waals surface area contributed by atoms with E-state index in [1.807, 2.05) is 60.7 Å². The number of alkyl carbamates (subject to hydrolysis) is 2. The fourth-order valence-corrected chi connectivity index (χ4v) is 7.65. The average molecular weight is 799 g/mol. The van der Waals surface area contributed by atoms with Gasteiger partial charge in [-0.05, 0) is 54.5 Å². The molecule has 5 amide bonds. The lowest BCUT2D eigenvalue weighted by molar-refractivity contribution is -0.140. The summed E-state index contributed by atoms with van der Waals surface area (Å²) in [7, 11) is 2.50. The summed E-state index contributed by atoms with van der Waals surface area (Å²) in [5.41, 5.74) is 5.37. The third-order valence-electron chi connectivity index (χ3n) is 10.7. The Morgan fingerprint density at radius 2 is 1.27 bits per heavy atom. The van der Waals surface area contributed by atoms with Gasteiger partial charge in [-0.15, -0.1) is 0 Å². The number of aromatic amines is 1. The van der Waals surface area contributed by atoms with E-state index in [4.69, 9.17) is 14.5 Å². The minimum absolute atomic E-state index is 0.238. The number of likely N-dealkylation sites (tertiary alicyclic amines) is 2. The van der Waals surface area contributed by atoms with Crippen molar-refractivity contribution < 1.29 is 33.4 Å². The second kappa shape index (κ2) is 18.5. The van der Waals surface area contributed by atoms with E-state index in [1.165, 1.54) is 19.1 Å². The summed E-state index contributed by atoms with van der Waals surface area (Å²) in [4.78, 5) is 81.3. The molecule has 4 atom stereocenters. The molecule has 0 aliphatic carbocycles. The van der Waals surface area contributed by atoms with Gasteiger partial charge in [0.2, 0.25) is 5.91 Å². The van der Waals surface area contributed by atoms with Gasteiger partial charge in [0.1, 0.15) is 23.9 Å². The summed E-state index contributed by atoms with van der Waals surface area (Å²) in [5.74, 6) is -0.214. The van der Waals surface area contributed by atoms with Crippen molar-refractivity contribution in [1.82, 2.24) is 40.7 Å². The first kappa shape index (κ1) is 40.2. The van der Waals surface area contributed by atoms with Crippen molar-refractivity contribution in [2.75, 3.05) is 27.3 Å². The van der Waals surface area contributed by atoms with Gasteiger partial charge >= 0.3 is 12.2 Å². The van der Waals surface area contributed by atoms with Gasteiger partial charge in [0.25, 0.3) is 11.8 Å². The summed E-state index contributed by atoms with van der Waals surface area (Å²) >= 11 is 0. The molecule has 59 heavy (non-hydrogen) atoms. The molecule has 15 nitrogen and oxygen atoms in total. The van der Waals surface area contributed by atoms with Crippen molar-refractivity contribution in [3.63, 3.8) is 0 Å². The Labute approximate surface area is 341 Å². The van der Waals surface area contributed by atoms with Crippen LogP contribution in [0.3, 0.4) is 0 Å². The SMILES string of the molecule is COC(=O)N[C@@H](C(=O)N1CCC[C@H]1C(=O)NCc1ccc(-c2ccc(-c3cnc([C@@H]4CCCN4C(=O)[C@H](NC(=O)OC)c4ccccc4)[nH]3)cn2)cc1)c1ccccc1. The lowest BCUT2D eigenvalue weighted by Gasteiger charge is -2.28. The highest BCUT2D eigenvalue weighted by Crippen LogP contribution is 2.34. The number of hydrogen-bond donors (Lipinski definition) is 4. The molecule has 304 valence electrons. The number of carbonyl (C=O) groups is 5. The first-order chi connectivity index (χ1) is 28.7. The number of rotatable bonds is 12. The predicted octanol–water partition coefficient (Wildman–Crippen LogP) is 5.60. The Morgan fingerprint density at radius 3 is 1.86 bits per heavy atom. The number of H-pyrrole nitrogens is 1. The molecule has 7 rings (SSSR count). The maximum atomic E-state index is 13.9. The topological polar surface area (TPSA) is 188 Å². The average Bonchev–Trinajstić information content (AvgIpc) is 4.09. The summed E-state index contributed by atoms with van der Waals surface area (Å²) in [6, 6.07) is 26.7. The molecule has 0 unspecified atom stereocenters. The Bertz CT molecular complexity index is 2250. The first-order valence-corrected chi connectivity index (χ1v) is 19.5. The van der Waals surface area contributed by atoms with Crippen molar-refractivity contribution in [3.05, 3.63) is 132 Å². The maximum absolute atomic E-state index is 13.9. The van der Waals surface area contributed by atoms with Crippen LogP contribution in [0.5, 0.6) is 0 Å². The number of nitrogens with one attached hydrogen (secondary N) is 4. The van der Waals surface area contributed by atoms with Crippen LogP contribution in [-0.4, -0.2) is 88.0 Å². The van der Waals surface area contributed by atoms with Crippen LogP contribution in [-0.2, 0) is 30.4 Å². The normalized spacial score (nSPS) is 17.1. The third kappa shape index (κ3) is 9.25. The third-order valence-corrected chi connectivity index (χ3v) is 10.7. The van der Waals surface area contributed by atoms with Crippen molar-refractivity contribution in [1.29, 1.82) is 0 Å². The van der Waals surface area contributed by atoms with E-state index in [0.29, 0.717) is 42.9 Å². The molecule has 2 aliphatic heterocycles. The van der Waals surface area contributed by atoms with Crippen LogP contribution in [0.1, 0.15) is 66.3 Å². The number of nitrogens with zero attached hydrogens (tertiary/aromatic N) is 4. The fourth-order valence-electron chi connectivity index (χ4n) is 7.65. The minimum Gasteiger partial charge on any atom is -0.453 e. The van der Waals surface area contributed by atoms with E-state index >= 15 is 0 Å². The highest BCUT2D eigenvalue weighted by Gasteiger charge is 2.39. The highest BCUT2D eigenvalue weighted by molar-refractivity contribution is 5.92. The van der Waals surface area contributed by atoms with E-state index < -0.39 is 30.3 Å². The number of ether oxygens (including phenoxy) is 2. The summed E-state index contributed by atoms with van der Waals surface area (Å²) in [5, 5.41) is 8.29. The van der Waals surface area contributed by atoms with Crippen LogP contribution in [0.2, 0.25) is 0 Å². The largest absolute Gasteiger partial charge is 0.453 e. The monoisotopic (exact) mass is 798 g/mol. The van der Waals surface area contributed by atoms with Gasteiger partial charge in [0, 0.05) is 37.0 Å². The predicted molar refractivity (Wildman–Crippen MR) is 217 cm³/mol. The zero-order chi connectivity index (χ0) is 41.3. The van der Waals surface area contributed by atoms with Crippen molar-refractivity contribution in [3.8, 4) is 22.5 Å². The molecular weight excluding hydrogens is 753 g/mol. The van der Waals surface area contributed by atoms with Crippen molar-refractivity contribution in [2.45, 2.75) is 56.4 Å². The molecule has 4 N–H and O–H groups in total. The maximum Gasteiger partial charge on any atom is 0.407 e. The highest BCUT2D eigenvalue weighted by atomic mass is 16.5. The molecule has 3 aromatic carbocycles. The van der Waals surface area contributed by atoms with Gasteiger partial charge in [-0.3, -0.25) is 19.4 Å². The molecule has 2 saturated heterocycles. The number of amides is 5. The van der Waals surface area contributed by atoms with Gasteiger partial charge in [0.05, 0.1) is 37.8 Å². The molecule has 0 radical (unpaired) electrons. The second-order valence-corrected chi connectivity index (χ2v) is 14.4. The molecular formula is C44H46N8O7. The zero-order valence-electron chi connectivity index (χ0n) is 32.8. The van der Waals surface area contributed by atoms with Crippen molar-refractivity contribution in [2.24, 2.45) is 0 Å². The summed E-state index contributed by atoms with van der Waals surface area (Å²) in [6.45, 7) is 1.20. The van der Waals surface area contributed by atoms with Crippen LogP contribution < -0.4 is 16.0 Å². The van der Waals surface area contributed by atoms with Crippen LogP contribution in [0.4, 0.5) is 9.59 Å². The molecule has 15 heteroatoms. The number of pyridine rings is 1. The molecule has 2 aliphatic rings. The minimum atomic E-state index is -0.984. The standard InChI is InChI=1S/C44H46N8O7/c1-58-43(56)49-37(30-11-5-3-6-12-30)41(54)51-23-9-15-35(51)39-46-27-34(48-39)32-21-22-33(45-26-32)29-19-17-28(18-20-29)25-47-40(53)36-16-10-24-52(36)42(55)38(50-44(57)59-2)31-13-7-4-8-14-31/h3-8,11-14,17-22,26-27,35-38H,9-10,15-16,23-25H2,1-2H3,(H,46,48)(H,47,53)(H,49,56)(H,50,57)/t35-,36-,37+,38+/m0/s1. The molecule has 5 aromatic rings. The van der Waals surface area contributed by atoms with E-state index in [9.17, 15) is 24.0 Å². The van der Waals surface area contributed by atoms with Gasteiger partial charge in [0.15, 0.2) is 0 Å². The zero-order valence-corrected chi connectivity index (χ0v) is 32.8. The van der Waals surface area contributed by atoms with E-state index in [2.05, 4.69) is 25.9 Å². The second-order valence-electron chi connectivity index (χ2n) is 14.4. The number of imidazole rings is 1. The fraction of sp³-hybridized carbons (Fsp3) is 0.295. The number of hydrogen-bond acceptors (Lipinski definition) is 9. The summed E-state index contributed by atoms with van der Waals surface area (Å²) < 4.78 is 9.57. The van der Waals surface area contributed by atoms with Gasteiger partial charge in [-0.25, -0.2) is 14.6 Å². The van der Waals surface area contributed by atoms with Crippen molar-refractivity contribution >= 4 is 29.9 Å². The Morgan fingerprint density at radius 1 is 0.695 bits per heavy atom. The lowest BCUT2D eigenvalue weighted by atomic mass is 10.0. The first-order valence-electron chi connectivity index (χ1n) is 19.5. The Kier molecular flexibility index (Phi) is 12.6. The Hall–Kier alpha value is -7.03. The van der Waals surface area contributed by atoms with Crippen LogP contribution in [0, 0.1) is 0 Å². The Balaban J connectivity index is 0.958. The van der Waals surface area contributed by atoms with E-state index in [1.54, 1.807) is 53.7 Å². The van der Waals surface area contributed by atoms with Crippen LogP contribution in [0.25, 0.3) is 22.5 Å². The van der Waals surface area contributed by atoms with Gasteiger partial charge in [-0.2, -0.15) is 0 Å². The molecule has 2 aromatic heterocycles. The molecule has 2 fully saturated rings.